The van der Waals surface area contributed by atoms with Gasteiger partial charge in [-0.3, -0.25) is 0 Å². The third kappa shape index (κ3) is 2.56. The first-order valence-electron chi connectivity index (χ1n) is 5.67. The van der Waals surface area contributed by atoms with Crippen molar-refractivity contribution in [2.45, 2.75) is 6.36 Å². The van der Waals surface area contributed by atoms with Crippen molar-refractivity contribution in [3.8, 4) is 16.9 Å². The van der Waals surface area contributed by atoms with Crippen LogP contribution in [0.1, 0.15) is 0 Å². The van der Waals surface area contributed by atoms with Crippen LogP contribution in [-0.2, 0) is 0 Å². The monoisotopic (exact) mass is 279 g/mol. The van der Waals surface area contributed by atoms with Gasteiger partial charge in [0, 0.05) is 5.56 Å². The molecule has 0 unspecified atom stereocenters. The van der Waals surface area contributed by atoms with Gasteiger partial charge < -0.3 is 4.74 Å². The largest absolute Gasteiger partial charge is 0.573 e. The van der Waals surface area contributed by atoms with Crippen molar-refractivity contribution in [3.63, 3.8) is 0 Å². The standard InChI is InChI=1S/C13H8F3N3O/c14-13(15,16)20-12-3-1-9(2-4-12)10-7-11-5-6-17-19(11)18-8-10/h1-8H. The number of ether oxygens (including phenoxy) is 1. The molecule has 4 nitrogen and oxygen atoms in total. The Morgan fingerprint density at radius 3 is 2.40 bits per heavy atom. The summed E-state index contributed by atoms with van der Waals surface area (Å²) in [7, 11) is 0. The van der Waals surface area contributed by atoms with E-state index < -0.39 is 6.36 Å². The number of benzene rings is 1. The van der Waals surface area contributed by atoms with Crippen molar-refractivity contribution < 1.29 is 17.9 Å². The topological polar surface area (TPSA) is 39.4 Å². The Bertz CT molecular complexity index is 734. The van der Waals surface area contributed by atoms with E-state index in [9.17, 15) is 13.2 Å². The highest BCUT2D eigenvalue weighted by Crippen LogP contribution is 2.26. The summed E-state index contributed by atoms with van der Waals surface area (Å²) in [6, 6.07) is 9.26. The Hall–Kier alpha value is -2.57. The summed E-state index contributed by atoms with van der Waals surface area (Å²) < 4.78 is 41.5. The minimum absolute atomic E-state index is 0.250. The molecule has 0 saturated carbocycles. The summed E-state index contributed by atoms with van der Waals surface area (Å²) in [6.07, 6.45) is -1.47. The lowest BCUT2D eigenvalue weighted by atomic mass is 10.1. The van der Waals surface area contributed by atoms with Crippen LogP contribution < -0.4 is 4.74 Å². The summed E-state index contributed by atoms with van der Waals surface area (Å²) in [5.41, 5.74) is 2.34. The number of halogens is 3. The fourth-order valence-electron chi connectivity index (χ4n) is 1.83. The first-order valence-corrected chi connectivity index (χ1v) is 5.67. The van der Waals surface area contributed by atoms with Crippen LogP contribution in [0.15, 0.2) is 48.8 Å². The van der Waals surface area contributed by atoms with Crippen molar-refractivity contribution >= 4 is 5.52 Å². The number of hydrogen-bond donors (Lipinski definition) is 0. The molecule has 0 atom stereocenters. The highest BCUT2D eigenvalue weighted by Gasteiger charge is 2.30. The molecule has 7 heteroatoms. The molecule has 1 aromatic carbocycles. The van der Waals surface area contributed by atoms with Crippen molar-refractivity contribution in [3.05, 3.63) is 48.8 Å². The number of rotatable bonds is 2. The van der Waals surface area contributed by atoms with Gasteiger partial charge in [0.05, 0.1) is 17.9 Å². The molecule has 2 aromatic heterocycles. The molecule has 3 aromatic rings. The number of fused-ring (bicyclic) bond motifs is 1. The summed E-state index contributed by atoms with van der Waals surface area (Å²) in [4.78, 5) is 0. The van der Waals surface area contributed by atoms with E-state index in [1.807, 2.05) is 6.07 Å². The molecule has 20 heavy (non-hydrogen) atoms. The van der Waals surface area contributed by atoms with E-state index in [4.69, 9.17) is 0 Å². The molecule has 0 radical (unpaired) electrons. The molecule has 0 fully saturated rings. The van der Waals surface area contributed by atoms with E-state index in [0.717, 1.165) is 16.6 Å². The molecule has 0 saturated heterocycles. The van der Waals surface area contributed by atoms with E-state index >= 15 is 0 Å². The summed E-state index contributed by atoms with van der Waals surface area (Å²) in [6.45, 7) is 0. The number of nitrogens with zero attached hydrogens (tertiary/aromatic N) is 3. The summed E-state index contributed by atoms with van der Waals surface area (Å²) in [5.74, 6) is -0.250. The predicted molar refractivity (Wildman–Crippen MR) is 65.1 cm³/mol. The maximum Gasteiger partial charge on any atom is 0.573 e. The van der Waals surface area contributed by atoms with Crippen LogP contribution in [0, 0.1) is 0 Å². The molecule has 0 N–H and O–H groups in total. The van der Waals surface area contributed by atoms with E-state index in [0.29, 0.717) is 0 Å². The Labute approximate surface area is 111 Å². The Kier molecular flexibility index (Phi) is 2.81. The zero-order valence-corrected chi connectivity index (χ0v) is 10.0. The summed E-state index contributed by atoms with van der Waals surface area (Å²) >= 11 is 0. The zero-order chi connectivity index (χ0) is 14.2. The zero-order valence-electron chi connectivity index (χ0n) is 10.0. The van der Waals surface area contributed by atoms with Crippen LogP contribution in [0.3, 0.4) is 0 Å². The second kappa shape index (κ2) is 4.52. The Balaban J connectivity index is 1.90. The quantitative estimate of drug-likeness (QED) is 0.722. The Morgan fingerprint density at radius 2 is 1.70 bits per heavy atom. The smallest absolute Gasteiger partial charge is 0.406 e. The SMILES string of the molecule is FC(F)(F)Oc1ccc(-c2cnn3nccc3c2)cc1. The molecule has 102 valence electrons. The van der Waals surface area contributed by atoms with Gasteiger partial charge in [-0.2, -0.15) is 14.8 Å². The molecule has 2 heterocycles. The number of aromatic nitrogens is 3. The minimum Gasteiger partial charge on any atom is -0.406 e. The van der Waals surface area contributed by atoms with Crippen LogP contribution in [0.25, 0.3) is 16.6 Å². The number of alkyl halides is 3. The van der Waals surface area contributed by atoms with Gasteiger partial charge in [-0.25, -0.2) is 0 Å². The molecule has 0 aliphatic carbocycles. The average Bonchev–Trinajstić information content (AvgIpc) is 2.85. The maximum atomic E-state index is 12.1. The lowest BCUT2D eigenvalue weighted by Crippen LogP contribution is -2.16. The lowest BCUT2D eigenvalue weighted by molar-refractivity contribution is -0.274. The Morgan fingerprint density at radius 1 is 0.950 bits per heavy atom. The molecule has 0 aliphatic rings. The molecular formula is C13H8F3N3O. The molecule has 0 spiro atoms. The number of hydrogen-bond acceptors (Lipinski definition) is 3. The van der Waals surface area contributed by atoms with Crippen LogP contribution in [-0.4, -0.2) is 21.2 Å². The molecule has 0 aliphatic heterocycles. The van der Waals surface area contributed by atoms with Gasteiger partial charge in [0.25, 0.3) is 0 Å². The average molecular weight is 279 g/mol. The normalized spacial score (nSPS) is 11.8. The van der Waals surface area contributed by atoms with Crippen molar-refractivity contribution in [2.75, 3.05) is 0 Å². The fourth-order valence-corrected chi connectivity index (χ4v) is 1.83. The highest BCUT2D eigenvalue weighted by molar-refractivity contribution is 5.67. The lowest BCUT2D eigenvalue weighted by Gasteiger charge is -2.09. The first-order chi connectivity index (χ1) is 9.51. The van der Waals surface area contributed by atoms with Gasteiger partial charge in [-0.15, -0.1) is 13.2 Å². The van der Waals surface area contributed by atoms with Crippen molar-refractivity contribution in [1.29, 1.82) is 0 Å². The third-order valence-corrected chi connectivity index (χ3v) is 2.68. The highest BCUT2D eigenvalue weighted by atomic mass is 19.4. The van der Waals surface area contributed by atoms with Gasteiger partial charge in [0.1, 0.15) is 5.75 Å². The molecule has 3 rings (SSSR count). The van der Waals surface area contributed by atoms with Crippen LogP contribution in [0.2, 0.25) is 0 Å². The second-order valence-corrected chi connectivity index (χ2v) is 4.06. The molecular weight excluding hydrogens is 271 g/mol. The van der Waals surface area contributed by atoms with Crippen molar-refractivity contribution in [1.82, 2.24) is 14.8 Å². The molecule has 0 bridgehead atoms. The van der Waals surface area contributed by atoms with Gasteiger partial charge in [-0.1, -0.05) is 12.1 Å². The van der Waals surface area contributed by atoms with Gasteiger partial charge in [0.15, 0.2) is 0 Å². The van der Waals surface area contributed by atoms with E-state index in [1.54, 1.807) is 30.6 Å². The molecule has 0 amide bonds. The fraction of sp³-hybridized carbons (Fsp3) is 0.0769. The van der Waals surface area contributed by atoms with Crippen molar-refractivity contribution in [2.24, 2.45) is 0 Å². The first kappa shape index (κ1) is 12.5. The van der Waals surface area contributed by atoms with E-state index in [1.165, 1.54) is 16.8 Å². The van der Waals surface area contributed by atoms with Gasteiger partial charge in [-0.05, 0) is 29.8 Å². The van der Waals surface area contributed by atoms with Crippen LogP contribution in [0.4, 0.5) is 13.2 Å². The maximum absolute atomic E-state index is 12.1. The van der Waals surface area contributed by atoms with E-state index in [-0.39, 0.29) is 5.75 Å². The van der Waals surface area contributed by atoms with Gasteiger partial charge >= 0.3 is 6.36 Å². The van der Waals surface area contributed by atoms with E-state index in [2.05, 4.69) is 14.9 Å². The summed E-state index contributed by atoms with van der Waals surface area (Å²) in [5, 5.41) is 8.06. The third-order valence-electron chi connectivity index (χ3n) is 2.68. The van der Waals surface area contributed by atoms with Crippen LogP contribution >= 0.6 is 0 Å². The van der Waals surface area contributed by atoms with Gasteiger partial charge in [0.2, 0.25) is 0 Å². The second-order valence-electron chi connectivity index (χ2n) is 4.06. The predicted octanol–water partition coefficient (Wildman–Crippen LogP) is 3.29. The van der Waals surface area contributed by atoms with Crippen LogP contribution in [0.5, 0.6) is 5.75 Å². The minimum atomic E-state index is -4.68.